The first-order chi connectivity index (χ1) is 7.27. The molecule has 1 heterocycles. The maximum atomic E-state index is 3.67. The highest BCUT2D eigenvalue weighted by Gasteiger charge is 2.20. The smallest absolute Gasteiger partial charge is 0.0218 e. The van der Waals surface area contributed by atoms with Gasteiger partial charge in [-0.1, -0.05) is 20.3 Å². The van der Waals surface area contributed by atoms with E-state index in [1.54, 1.807) is 0 Å². The van der Waals surface area contributed by atoms with Gasteiger partial charge in [-0.05, 0) is 45.7 Å². The Morgan fingerprint density at radius 3 is 2.40 bits per heavy atom. The molecular weight excluding hydrogens is 184 g/mol. The van der Waals surface area contributed by atoms with E-state index in [0.717, 1.165) is 6.04 Å². The van der Waals surface area contributed by atoms with Crippen molar-refractivity contribution in [2.45, 2.75) is 65.0 Å². The molecule has 2 nitrogen and oxygen atoms in total. The number of nitrogens with zero attached hydrogens (tertiary/aromatic N) is 1. The molecule has 0 aromatic heterocycles. The lowest BCUT2D eigenvalue weighted by Gasteiger charge is -2.28. The van der Waals surface area contributed by atoms with Crippen LogP contribution < -0.4 is 5.32 Å². The van der Waals surface area contributed by atoms with E-state index in [2.05, 4.69) is 31.0 Å². The van der Waals surface area contributed by atoms with Crippen molar-refractivity contribution in [3.8, 4) is 0 Å². The van der Waals surface area contributed by atoms with Crippen molar-refractivity contribution >= 4 is 0 Å². The van der Waals surface area contributed by atoms with Crippen LogP contribution in [-0.4, -0.2) is 36.6 Å². The average molecular weight is 212 g/mol. The molecular formula is C13H28N2. The zero-order chi connectivity index (χ0) is 11.1. The Bertz CT molecular complexity index is 153. The number of rotatable bonds is 7. The van der Waals surface area contributed by atoms with E-state index in [0.29, 0.717) is 6.04 Å². The van der Waals surface area contributed by atoms with Gasteiger partial charge in [0.2, 0.25) is 0 Å². The largest absolute Gasteiger partial charge is 0.313 e. The second kappa shape index (κ2) is 7.24. The fraction of sp³-hybridized carbons (Fsp3) is 1.00. The van der Waals surface area contributed by atoms with E-state index in [-0.39, 0.29) is 0 Å². The molecule has 1 saturated heterocycles. The Hall–Kier alpha value is -0.0800. The molecule has 1 rings (SSSR count). The first-order valence-corrected chi connectivity index (χ1v) is 6.75. The van der Waals surface area contributed by atoms with Gasteiger partial charge in [0.25, 0.3) is 0 Å². The van der Waals surface area contributed by atoms with Gasteiger partial charge in [0.05, 0.1) is 0 Å². The maximum absolute atomic E-state index is 3.67. The van der Waals surface area contributed by atoms with E-state index in [1.807, 2.05) is 0 Å². The van der Waals surface area contributed by atoms with Crippen LogP contribution in [0.2, 0.25) is 0 Å². The summed E-state index contributed by atoms with van der Waals surface area (Å²) < 4.78 is 0. The maximum Gasteiger partial charge on any atom is 0.0218 e. The number of nitrogens with one attached hydrogen (secondary N) is 1. The first kappa shape index (κ1) is 13.0. The lowest BCUT2D eigenvalue weighted by atomic mass is 10.1. The van der Waals surface area contributed by atoms with E-state index in [4.69, 9.17) is 0 Å². The van der Waals surface area contributed by atoms with Crippen molar-refractivity contribution in [2.75, 3.05) is 19.6 Å². The Morgan fingerprint density at radius 1 is 1.20 bits per heavy atom. The zero-order valence-electron chi connectivity index (χ0n) is 10.8. The molecule has 1 aliphatic rings. The summed E-state index contributed by atoms with van der Waals surface area (Å²) >= 11 is 0. The summed E-state index contributed by atoms with van der Waals surface area (Å²) in [7, 11) is 0. The van der Waals surface area contributed by atoms with Gasteiger partial charge in [-0.3, -0.25) is 4.90 Å². The third-order valence-electron chi connectivity index (χ3n) is 3.55. The van der Waals surface area contributed by atoms with Crippen molar-refractivity contribution in [3.05, 3.63) is 0 Å². The molecule has 2 atom stereocenters. The molecule has 0 radical (unpaired) electrons. The van der Waals surface area contributed by atoms with Crippen molar-refractivity contribution in [3.63, 3.8) is 0 Å². The lowest BCUT2D eigenvalue weighted by Crippen LogP contribution is -2.42. The van der Waals surface area contributed by atoms with Crippen LogP contribution >= 0.6 is 0 Å². The standard InChI is InChI=1S/C13H28N2/c1-4-8-12(3)14-11-13(5-2)15-9-6-7-10-15/h12-14H,4-11H2,1-3H3. The predicted octanol–water partition coefficient (Wildman–Crippen LogP) is 2.64. The van der Waals surface area contributed by atoms with Crippen molar-refractivity contribution in [1.82, 2.24) is 10.2 Å². The highest BCUT2D eigenvalue weighted by molar-refractivity contribution is 4.78. The third kappa shape index (κ3) is 4.52. The molecule has 1 fully saturated rings. The molecule has 2 heteroatoms. The molecule has 0 aromatic carbocycles. The number of hydrogen-bond acceptors (Lipinski definition) is 2. The Labute approximate surface area is 95.4 Å². The second-order valence-electron chi connectivity index (χ2n) is 4.90. The van der Waals surface area contributed by atoms with Gasteiger partial charge in [0, 0.05) is 18.6 Å². The van der Waals surface area contributed by atoms with Crippen molar-refractivity contribution in [2.24, 2.45) is 0 Å². The SMILES string of the molecule is CCCC(C)NCC(CC)N1CCCC1. The van der Waals surface area contributed by atoms with Gasteiger partial charge in [0.1, 0.15) is 0 Å². The summed E-state index contributed by atoms with van der Waals surface area (Å²) in [5.41, 5.74) is 0. The van der Waals surface area contributed by atoms with Crippen LogP contribution in [0.4, 0.5) is 0 Å². The van der Waals surface area contributed by atoms with Crippen molar-refractivity contribution in [1.29, 1.82) is 0 Å². The van der Waals surface area contributed by atoms with Crippen molar-refractivity contribution < 1.29 is 0 Å². The molecule has 0 amide bonds. The first-order valence-electron chi connectivity index (χ1n) is 6.75. The highest BCUT2D eigenvalue weighted by Crippen LogP contribution is 2.13. The topological polar surface area (TPSA) is 15.3 Å². The van der Waals surface area contributed by atoms with E-state index >= 15 is 0 Å². The molecule has 15 heavy (non-hydrogen) atoms. The van der Waals surface area contributed by atoms with Crippen LogP contribution in [0.5, 0.6) is 0 Å². The Morgan fingerprint density at radius 2 is 1.87 bits per heavy atom. The van der Waals surface area contributed by atoms with Gasteiger partial charge in [-0.2, -0.15) is 0 Å². The zero-order valence-corrected chi connectivity index (χ0v) is 10.8. The number of likely N-dealkylation sites (tertiary alicyclic amines) is 1. The molecule has 0 aliphatic carbocycles. The van der Waals surface area contributed by atoms with Crippen LogP contribution in [-0.2, 0) is 0 Å². The van der Waals surface area contributed by atoms with Crippen LogP contribution in [0.25, 0.3) is 0 Å². The highest BCUT2D eigenvalue weighted by atomic mass is 15.2. The van der Waals surface area contributed by atoms with Gasteiger partial charge in [-0.25, -0.2) is 0 Å². The molecule has 1 N–H and O–H groups in total. The summed E-state index contributed by atoms with van der Waals surface area (Å²) in [6.07, 6.45) is 6.68. The third-order valence-corrected chi connectivity index (χ3v) is 3.55. The van der Waals surface area contributed by atoms with Gasteiger partial charge < -0.3 is 5.32 Å². The van der Waals surface area contributed by atoms with Crippen LogP contribution in [0.1, 0.15) is 52.9 Å². The van der Waals surface area contributed by atoms with E-state index < -0.39 is 0 Å². The fourth-order valence-corrected chi connectivity index (χ4v) is 2.51. The molecule has 0 aromatic rings. The summed E-state index contributed by atoms with van der Waals surface area (Å²) in [5.74, 6) is 0. The lowest BCUT2D eigenvalue weighted by molar-refractivity contribution is 0.224. The van der Waals surface area contributed by atoms with Crippen LogP contribution in [0, 0.1) is 0 Å². The minimum Gasteiger partial charge on any atom is -0.313 e. The van der Waals surface area contributed by atoms with Gasteiger partial charge in [0.15, 0.2) is 0 Å². The molecule has 0 saturated carbocycles. The van der Waals surface area contributed by atoms with E-state index in [1.165, 1.54) is 51.7 Å². The monoisotopic (exact) mass is 212 g/mol. The number of hydrogen-bond donors (Lipinski definition) is 1. The minimum absolute atomic E-state index is 0.687. The summed E-state index contributed by atoms with van der Waals surface area (Å²) in [6.45, 7) is 10.7. The Balaban J connectivity index is 2.20. The van der Waals surface area contributed by atoms with Gasteiger partial charge >= 0.3 is 0 Å². The van der Waals surface area contributed by atoms with Crippen LogP contribution in [0.15, 0.2) is 0 Å². The Kier molecular flexibility index (Phi) is 6.26. The minimum atomic E-state index is 0.687. The molecule has 2 unspecified atom stereocenters. The summed E-state index contributed by atoms with van der Waals surface area (Å²) in [4.78, 5) is 2.66. The second-order valence-corrected chi connectivity index (χ2v) is 4.90. The molecule has 0 spiro atoms. The summed E-state index contributed by atoms with van der Waals surface area (Å²) in [6, 6.07) is 1.46. The average Bonchev–Trinajstić information content (AvgIpc) is 2.72. The predicted molar refractivity (Wildman–Crippen MR) is 67.3 cm³/mol. The summed E-state index contributed by atoms with van der Waals surface area (Å²) in [5, 5.41) is 3.67. The molecule has 1 aliphatic heterocycles. The van der Waals surface area contributed by atoms with Gasteiger partial charge in [-0.15, -0.1) is 0 Å². The quantitative estimate of drug-likeness (QED) is 0.698. The molecule has 90 valence electrons. The van der Waals surface area contributed by atoms with Crippen LogP contribution in [0.3, 0.4) is 0 Å². The fourth-order valence-electron chi connectivity index (χ4n) is 2.51. The molecule has 0 bridgehead atoms. The van der Waals surface area contributed by atoms with E-state index in [9.17, 15) is 0 Å². The normalized spacial score (nSPS) is 21.8.